The van der Waals surface area contributed by atoms with Crippen LogP contribution in [-0.2, 0) is 0 Å². The van der Waals surface area contributed by atoms with Crippen molar-refractivity contribution in [3.8, 4) is 5.88 Å². The van der Waals surface area contributed by atoms with E-state index in [1.807, 2.05) is 12.3 Å². The second-order valence-electron chi connectivity index (χ2n) is 8.14. The van der Waals surface area contributed by atoms with Crippen LogP contribution in [0.25, 0.3) is 11.7 Å². The number of aromatic nitrogens is 7. The van der Waals surface area contributed by atoms with Crippen LogP contribution in [0.3, 0.4) is 0 Å². The van der Waals surface area contributed by atoms with Crippen molar-refractivity contribution in [2.75, 3.05) is 11.4 Å². The van der Waals surface area contributed by atoms with Crippen LogP contribution >= 0.6 is 0 Å². The fourth-order valence-corrected chi connectivity index (χ4v) is 4.12. The Morgan fingerprint density at radius 1 is 1.19 bits per heavy atom. The molecule has 4 aromatic rings. The molecule has 162 valence electrons. The highest BCUT2D eigenvalue weighted by molar-refractivity contribution is 5.57. The lowest BCUT2D eigenvalue weighted by Gasteiger charge is -2.24. The van der Waals surface area contributed by atoms with Crippen molar-refractivity contribution in [3.05, 3.63) is 63.3 Å². The average molecular weight is 431 g/mol. The van der Waals surface area contributed by atoms with Gasteiger partial charge < -0.3 is 15.0 Å². The van der Waals surface area contributed by atoms with Crippen LogP contribution in [0.15, 0.2) is 40.5 Å². The highest BCUT2D eigenvalue weighted by Gasteiger charge is 2.29. The van der Waals surface area contributed by atoms with Gasteiger partial charge in [0.1, 0.15) is 5.69 Å². The third-order valence-corrected chi connectivity index (χ3v) is 5.83. The molecular weight excluding hydrogens is 410 g/mol. The molecule has 6 rings (SSSR count). The molecule has 0 amide bonds. The van der Waals surface area contributed by atoms with E-state index in [9.17, 15) is 9.90 Å². The zero-order chi connectivity index (χ0) is 21.7. The summed E-state index contributed by atoms with van der Waals surface area (Å²) in [6.45, 7) is 0.831. The minimum Gasteiger partial charge on any atom is -0.493 e. The molecule has 1 saturated carbocycles. The Hall–Kier alpha value is -4.02. The van der Waals surface area contributed by atoms with Gasteiger partial charge in [0, 0.05) is 24.2 Å². The van der Waals surface area contributed by atoms with Crippen molar-refractivity contribution in [3.63, 3.8) is 0 Å². The molecule has 1 atom stereocenters. The summed E-state index contributed by atoms with van der Waals surface area (Å²) in [5.74, 6) is 0.355. The first-order valence-electron chi connectivity index (χ1n) is 10.6. The zero-order valence-electron chi connectivity index (χ0n) is 17.1. The molecule has 1 aliphatic heterocycles. The molecule has 0 aromatic carbocycles. The third kappa shape index (κ3) is 3.31. The van der Waals surface area contributed by atoms with Gasteiger partial charge in [-0.1, -0.05) is 6.07 Å². The second kappa shape index (κ2) is 7.29. The Labute approximate surface area is 181 Å². The van der Waals surface area contributed by atoms with Gasteiger partial charge in [-0.15, -0.1) is 0 Å². The molecule has 1 aliphatic carbocycles. The van der Waals surface area contributed by atoms with Gasteiger partial charge in [-0.2, -0.15) is 19.6 Å². The van der Waals surface area contributed by atoms with E-state index < -0.39 is 5.69 Å². The largest absolute Gasteiger partial charge is 0.493 e. The summed E-state index contributed by atoms with van der Waals surface area (Å²) in [5.41, 5.74) is 1.98. The molecule has 2 fully saturated rings. The van der Waals surface area contributed by atoms with Gasteiger partial charge in [-0.05, 0) is 43.4 Å². The van der Waals surface area contributed by atoms with E-state index >= 15 is 0 Å². The van der Waals surface area contributed by atoms with Crippen molar-refractivity contribution in [1.82, 2.24) is 34.5 Å². The number of fused-ring (bicyclic) bond motifs is 1. The smallest absolute Gasteiger partial charge is 0.326 e. The van der Waals surface area contributed by atoms with Gasteiger partial charge in [-0.25, -0.2) is 9.79 Å². The molecule has 11 nitrogen and oxygen atoms in total. The Bertz CT molecular complexity index is 1470. The number of H-pyrrole nitrogens is 2. The summed E-state index contributed by atoms with van der Waals surface area (Å²) >= 11 is 0. The molecule has 3 N–H and O–H groups in total. The molecule has 5 heterocycles. The number of pyridine rings is 1. The number of aromatic amines is 2. The first-order valence-corrected chi connectivity index (χ1v) is 10.6. The topological polar surface area (TPSA) is 140 Å². The Balaban J connectivity index is 1.53. The van der Waals surface area contributed by atoms with Crippen LogP contribution in [0.5, 0.6) is 5.88 Å². The monoisotopic (exact) mass is 431 g/mol. The summed E-state index contributed by atoms with van der Waals surface area (Å²) in [6.07, 6.45) is 11.0. The van der Waals surface area contributed by atoms with Crippen molar-refractivity contribution < 1.29 is 5.11 Å². The van der Waals surface area contributed by atoms with Crippen LogP contribution < -0.4 is 21.4 Å². The van der Waals surface area contributed by atoms with Crippen molar-refractivity contribution in [2.45, 2.75) is 37.8 Å². The number of hydrogen-bond acceptors (Lipinski definition) is 8. The van der Waals surface area contributed by atoms with Gasteiger partial charge in [0.05, 0.1) is 18.3 Å². The number of hydrogen-bond donors (Lipinski definition) is 3. The van der Waals surface area contributed by atoms with Crippen LogP contribution in [0.1, 0.15) is 43.0 Å². The van der Waals surface area contributed by atoms with Gasteiger partial charge in [0.2, 0.25) is 11.8 Å². The van der Waals surface area contributed by atoms with E-state index in [0.29, 0.717) is 22.4 Å². The maximum atomic E-state index is 11.5. The van der Waals surface area contributed by atoms with Crippen LogP contribution in [0, 0.1) is 0 Å². The maximum absolute atomic E-state index is 11.5. The van der Waals surface area contributed by atoms with E-state index in [2.05, 4.69) is 31.0 Å². The van der Waals surface area contributed by atoms with E-state index in [-0.39, 0.29) is 23.7 Å². The predicted octanol–water partition coefficient (Wildman–Crippen LogP) is 0.194. The number of aromatic hydroxyl groups is 1. The first-order chi connectivity index (χ1) is 15.7. The molecule has 0 spiro atoms. The molecular formula is C21H21N9O2. The summed E-state index contributed by atoms with van der Waals surface area (Å²) in [7, 11) is 0. The summed E-state index contributed by atoms with van der Waals surface area (Å²) in [4.78, 5) is 37.2. The number of anilines is 1. The predicted molar refractivity (Wildman–Crippen MR) is 115 cm³/mol. The molecule has 2 aliphatic rings. The van der Waals surface area contributed by atoms with E-state index in [1.165, 1.54) is 0 Å². The minimum absolute atomic E-state index is 0.139. The van der Waals surface area contributed by atoms with Gasteiger partial charge in [-0.3, -0.25) is 9.97 Å². The first kappa shape index (κ1) is 18.7. The Kier molecular flexibility index (Phi) is 4.27. The second-order valence-corrected chi connectivity index (χ2v) is 8.14. The lowest BCUT2D eigenvalue weighted by molar-refractivity contribution is 0.454. The zero-order valence-corrected chi connectivity index (χ0v) is 17.1. The molecule has 1 unspecified atom stereocenters. The maximum Gasteiger partial charge on any atom is 0.326 e. The molecule has 0 radical (unpaired) electrons. The highest BCUT2D eigenvalue weighted by Crippen LogP contribution is 2.33. The van der Waals surface area contributed by atoms with E-state index in [4.69, 9.17) is 15.0 Å². The number of nitrogens with zero attached hydrogens (tertiary/aromatic N) is 7. The Morgan fingerprint density at radius 2 is 2.09 bits per heavy atom. The normalized spacial score (nSPS) is 20.0. The summed E-state index contributed by atoms with van der Waals surface area (Å²) in [5, 5.41) is 15.0. The highest BCUT2D eigenvalue weighted by atomic mass is 16.3. The van der Waals surface area contributed by atoms with E-state index in [1.54, 1.807) is 23.0 Å². The lowest BCUT2D eigenvalue weighted by atomic mass is 10.1. The quantitative estimate of drug-likeness (QED) is 0.419. The number of rotatable bonds is 4. The Morgan fingerprint density at radius 3 is 2.84 bits per heavy atom. The van der Waals surface area contributed by atoms with Gasteiger partial charge in [0.15, 0.2) is 5.65 Å². The third-order valence-electron chi connectivity index (χ3n) is 5.83. The molecule has 0 bridgehead atoms. The van der Waals surface area contributed by atoms with Crippen LogP contribution in [0.4, 0.5) is 5.95 Å². The van der Waals surface area contributed by atoms with E-state index in [0.717, 1.165) is 37.8 Å². The summed E-state index contributed by atoms with van der Waals surface area (Å²) < 4.78 is 1.62. The van der Waals surface area contributed by atoms with Crippen molar-refractivity contribution >= 4 is 17.7 Å². The molecule has 4 aromatic heterocycles. The fourth-order valence-electron chi connectivity index (χ4n) is 4.12. The van der Waals surface area contributed by atoms with Crippen LogP contribution in [0.2, 0.25) is 0 Å². The standard InChI is InChI=1S/C21H21N9O2/c31-18-15(25-21(32)27-18)9-13-11-23-30-17(13)26-19(28-20(30)24-14-5-6-14)29-8-2-4-16(29)12-3-1-7-22-10-12/h1,3,7,9-11,14,16,31H,2,4-6,8H2,(H2,25,27,32). The van der Waals surface area contributed by atoms with Gasteiger partial charge >= 0.3 is 5.69 Å². The SMILES string of the molecule is O=c1[nH]c(O)c(C=c2cnn3c(=NC4CC4)nc(N4CCCC4c4cccnc4)nc23)[nH]1. The number of imidazole rings is 1. The van der Waals surface area contributed by atoms with Crippen molar-refractivity contribution in [2.24, 2.45) is 4.99 Å². The molecule has 11 heteroatoms. The average Bonchev–Trinajstić information content (AvgIpc) is 3.18. The fraction of sp³-hybridized carbons (Fsp3) is 0.333. The molecule has 32 heavy (non-hydrogen) atoms. The van der Waals surface area contributed by atoms with Crippen molar-refractivity contribution in [1.29, 1.82) is 0 Å². The van der Waals surface area contributed by atoms with Crippen LogP contribution in [-0.4, -0.2) is 52.2 Å². The van der Waals surface area contributed by atoms with Gasteiger partial charge in [0.25, 0.3) is 5.62 Å². The lowest BCUT2D eigenvalue weighted by Crippen LogP contribution is -2.31. The minimum atomic E-state index is -0.485. The molecule has 1 saturated heterocycles. The summed E-state index contributed by atoms with van der Waals surface area (Å²) in [6, 6.07) is 4.42. The number of nitrogens with one attached hydrogen (secondary N) is 2.